The number of hydrogen-bond donors (Lipinski definition) is 2. The van der Waals surface area contributed by atoms with Crippen LogP contribution in [0, 0.1) is 5.92 Å². The Kier molecular flexibility index (Phi) is 6.79. The van der Waals surface area contributed by atoms with E-state index < -0.39 is 17.4 Å². The Bertz CT molecular complexity index is 1560. The molecule has 2 aliphatic heterocycles. The lowest BCUT2D eigenvalue weighted by atomic mass is 9.69. The number of amides is 1. The number of ketones is 1. The van der Waals surface area contributed by atoms with Gasteiger partial charge in [-0.3, -0.25) is 14.9 Å². The van der Waals surface area contributed by atoms with Gasteiger partial charge in [0.15, 0.2) is 5.78 Å². The van der Waals surface area contributed by atoms with Crippen molar-refractivity contribution in [1.82, 2.24) is 5.32 Å². The Morgan fingerprint density at radius 1 is 0.974 bits per heavy atom. The van der Waals surface area contributed by atoms with E-state index in [1.807, 2.05) is 79.7 Å². The fourth-order valence-corrected chi connectivity index (χ4v) is 6.63. The first-order chi connectivity index (χ1) is 18.9. The molecule has 1 amide bonds. The Morgan fingerprint density at radius 2 is 1.69 bits per heavy atom. The van der Waals surface area contributed by atoms with Gasteiger partial charge >= 0.3 is 0 Å². The van der Waals surface area contributed by atoms with Crippen molar-refractivity contribution in [2.24, 2.45) is 5.92 Å². The quantitative estimate of drug-likeness (QED) is 0.228. The number of Topliss-reactive ketones (excluding diaryl/α,β-unsaturated/α-hetero) is 1. The summed E-state index contributed by atoms with van der Waals surface area (Å²) < 4.78 is 6.91. The van der Waals surface area contributed by atoms with Crippen molar-refractivity contribution in [3.05, 3.63) is 129 Å². The molecule has 4 aromatic carbocycles. The number of halogens is 2. The van der Waals surface area contributed by atoms with Crippen molar-refractivity contribution in [1.29, 1.82) is 0 Å². The number of nitrogens with one attached hydrogen (secondary N) is 2. The molecule has 7 heteroatoms. The van der Waals surface area contributed by atoms with E-state index in [1.165, 1.54) is 0 Å². The number of hydrogen-bond acceptors (Lipinski definition) is 4. The zero-order valence-electron chi connectivity index (χ0n) is 21.2. The third-order valence-corrected chi connectivity index (χ3v) is 8.47. The van der Waals surface area contributed by atoms with Gasteiger partial charge in [-0.2, -0.15) is 0 Å². The van der Waals surface area contributed by atoms with Crippen LogP contribution in [0.5, 0.6) is 5.75 Å². The molecule has 1 saturated heterocycles. The van der Waals surface area contributed by atoms with Gasteiger partial charge in [0, 0.05) is 38.3 Å². The summed E-state index contributed by atoms with van der Waals surface area (Å²) >= 11 is 9.77. The number of rotatable bonds is 6. The van der Waals surface area contributed by atoms with E-state index >= 15 is 0 Å². The zero-order chi connectivity index (χ0) is 27.1. The maximum Gasteiger partial charge on any atom is 0.250 e. The average Bonchev–Trinajstić information content (AvgIpc) is 3.45. The third-order valence-electron chi connectivity index (χ3n) is 7.73. The minimum absolute atomic E-state index is 0.142. The summed E-state index contributed by atoms with van der Waals surface area (Å²) in [5.74, 6) is -0.904. The molecule has 0 aliphatic carbocycles. The molecule has 0 bridgehead atoms. The number of anilines is 1. The molecule has 6 rings (SSSR count). The first-order valence-corrected chi connectivity index (χ1v) is 14.1. The van der Waals surface area contributed by atoms with Gasteiger partial charge in [0.25, 0.3) is 0 Å². The summed E-state index contributed by atoms with van der Waals surface area (Å²) in [7, 11) is 0. The van der Waals surface area contributed by atoms with Crippen LogP contribution < -0.4 is 15.4 Å². The molecule has 5 nitrogen and oxygen atoms in total. The lowest BCUT2D eigenvalue weighted by molar-refractivity contribution is -0.122. The minimum Gasteiger partial charge on any atom is -0.494 e. The van der Waals surface area contributed by atoms with Gasteiger partial charge in [0.05, 0.1) is 12.5 Å². The highest BCUT2D eigenvalue weighted by molar-refractivity contribution is 9.10. The minimum atomic E-state index is -1.32. The van der Waals surface area contributed by atoms with Crippen molar-refractivity contribution >= 4 is 44.9 Å². The van der Waals surface area contributed by atoms with Crippen LogP contribution in [-0.4, -0.2) is 18.3 Å². The van der Waals surface area contributed by atoms with E-state index in [1.54, 1.807) is 24.3 Å². The number of fused-ring (bicyclic) bond motifs is 2. The van der Waals surface area contributed by atoms with Crippen LogP contribution in [0.25, 0.3) is 0 Å². The Hall–Kier alpha value is -3.45. The summed E-state index contributed by atoms with van der Waals surface area (Å²) in [5, 5.41) is 7.31. The highest BCUT2D eigenvalue weighted by atomic mass is 79.9. The monoisotopic (exact) mass is 600 g/mol. The molecule has 1 spiro atoms. The first-order valence-electron chi connectivity index (χ1n) is 12.9. The van der Waals surface area contributed by atoms with Crippen molar-refractivity contribution < 1.29 is 14.3 Å². The van der Waals surface area contributed by atoms with Gasteiger partial charge < -0.3 is 10.1 Å². The molecule has 4 atom stereocenters. The molecule has 1 fully saturated rings. The van der Waals surface area contributed by atoms with E-state index in [0.717, 1.165) is 21.2 Å². The molecule has 2 heterocycles. The number of carbonyl (C=O) groups excluding carboxylic acids is 2. The normalized spacial score (nSPS) is 23.5. The summed E-state index contributed by atoms with van der Waals surface area (Å²) in [4.78, 5) is 28.8. The van der Waals surface area contributed by atoms with E-state index in [-0.39, 0.29) is 17.7 Å². The van der Waals surface area contributed by atoms with E-state index in [9.17, 15) is 9.59 Å². The second kappa shape index (κ2) is 10.3. The van der Waals surface area contributed by atoms with E-state index in [2.05, 4.69) is 26.6 Å². The van der Waals surface area contributed by atoms with Crippen LogP contribution in [0.1, 0.15) is 45.9 Å². The van der Waals surface area contributed by atoms with Crippen molar-refractivity contribution in [3.63, 3.8) is 0 Å². The highest BCUT2D eigenvalue weighted by Gasteiger charge is 2.65. The van der Waals surface area contributed by atoms with Crippen LogP contribution in [0.3, 0.4) is 0 Å². The van der Waals surface area contributed by atoms with Gasteiger partial charge in [-0.1, -0.05) is 76.1 Å². The molecule has 2 unspecified atom stereocenters. The number of carbonyl (C=O) groups is 2. The predicted molar refractivity (Wildman–Crippen MR) is 156 cm³/mol. The lowest BCUT2D eigenvalue weighted by Crippen LogP contribution is -2.50. The smallest absolute Gasteiger partial charge is 0.250 e. The topological polar surface area (TPSA) is 67.4 Å². The highest BCUT2D eigenvalue weighted by Crippen LogP contribution is 2.58. The van der Waals surface area contributed by atoms with Gasteiger partial charge in [-0.05, 0) is 66.6 Å². The molecule has 196 valence electrons. The van der Waals surface area contributed by atoms with Crippen molar-refractivity contribution in [3.8, 4) is 5.75 Å². The molecule has 39 heavy (non-hydrogen) atoms. The largest absolute Gasteiger partial charge is 0.494 e. The average molecular weight is 602 g/mol. The summed E-state index contributed by atoms with van der Waals surface area (Å²) in [6.07, 6.45) is 0. The predicted octanol–water partition coefficient (Wildman–Crippen LogP) is 7.28. The fourth-order valence-electron chi connectivity index (χ4n) is 6.14. The van der Waals surface area contributed by atoms with Crippen LogP contribution in [0.2, 0.25) is 5.02 Å². The van der Waals surface area contributed by atoms with Gasteiger partial charge in [-0.25, -0.2) is 0 Å². The molecule has 0 radical (unpaired) electrons. The lowest BCUT2D eigenvalue weighted by Gasteiger charge is -2.31. The van der Waals surface area contributed by atoms with E-state index in [4.69, 9.17) is 16.3 Å². The Morgan fingerprint density at radius 3 is 2.44 bits per heavy atom. The maximum atomic E-state index is 14.7. The summed E-state index contributed by atoms with van der Waals surface area (Å²) in [6.45, 7) is 2.42. The first kappa shape index (κ1) is 25.8. The Labute approximate surface area is 240 Å². The molecule has 2 N–H and O–H groups in total. The number of benzene rings is 4. The van der Waals surface area contributed by atoms with Crippen LogP contribution in [0.4, 0.5) is 5.69 Å². The number of para-hydroxylation sites is 1. The molecular formula is C32H26BrClN2O3. The standard InChI is InChI=1S/C32H26BrClN2O3/c1-2-39-26-11-7-6-10-23(26)27-28(30(37)20-12-15-22(34)16-13-20)32(36-29(27)19-8-4-3-5-9-19)24-18-21(33)14-17-25(24)35-31(32)38/h3-18,27-29,36H,2H2,1H3,(H,35,38)/t27-,28?,29+,32?/m0/s1. The molecule has 4 aromatic rings. The summed E-state index contributed by atoms with van der Waals surface area (Å²) in [6, 6.07) is 30.0. The van der Waals surface area contributed by atoms with Crippen LogP contribution in [-0.2, 0) is 10.3 Å². The summed E-state index contributed by atoms with van der Waals surface area (Å²) in [5.41, 5.74) is 2.47. The van der Waals surface area contributed by atoms with Gasteiger partial charge in [0.1, 0.15) is 11.3 Å². The second-order valence-electron chi connectivity index (χ2n) is 9.83. The molecule has 0 saturated carbocycles. The van der Waals surface area contributed by atoms with Gasteiger partial charge in [0.2, 0.25) is 5.91 Å². The van der Waals surface area contributed by atoms with E-state index in [0.29, 0.717) is 28.6 Å². The van der Waals surface area contributed by atoms with Crippen molar-refractivity contribution in [2.45, 2.75) is 24.4 Å². The number of ether oxygens (including phenoxy) is 1. The molecule has 0 aromatic heterocycles. The third kappa shape index (κ3) is 4.27. The van der Waals surface area contributed by atoms with Gasteiger partial charge in [-0.15, -0.1) is 0 Å². The SMILES string of the molecule is CCOc1ccccc1[C@H]1C(C(=O)c2ccc(Cl)cc2)C2(N[C@@H]1c1ccccc1)C(=O)Nc1ccc(Br)cc12. The Balaban J connectivity index is 1.65. The fraction of sp³-hybridized carbons (Fsp3) is 0.188. The van der Waals surface area contributed by atoms with Crippen molar-refractivity contribution in [2.75, 3.05) is 11.9 Å². The zero-order valence-corrected chi connectivity index (χ0v) is 23.5. The maximum absolute atomic E-state index is 14.7. The van der Waals surface area contributed by atoms with Crippen LogP contribution in [0.15, 0.2) is 102 Å². The molecule has 2 aliphatic rings. The van der Waals surface area contributed by atoms with Crippen LogP contribution >= 0.6 is 27.5 Å². The molecular weight excluding hydrogens is 576 g/mol. The second-order valence-corrected chi connectivity index (χ2v) is 11.2.